The van der Waals surface area contributed by atoms with E-state index >= 15 is 0 Å². The molecule has 1 heterocycles. The van der Waals surface area contributed by atoms with Crippen LogP contribution in [0.1, 0.15) is 26.2 Å². The van der Waals surface area contributed by atoms with Gasteiger partial charge in [-0.15, -0.1) is 0 Å². The van der Waals surface area contributed by atoms with Crippen LogP contribution in [-0.4, -0.2) is 61.5 Å². The van der Waals surface area contributed by atoms with Crippen LogP contribution >= 0.6 is 0 Å². The SMILES string of the molecule is COC(=O)CCCN1CCCN(C(C)=O)CC1. The number of amides is 1. The fourth-order valence-electron chi connectivity index (χ4n) is 2.06. The predicted octanol–water partition coefficient (Wildman–Crippen LogP) is 0.494. The number of ether oxygens (including phenoxy) is 1. The number of rotatable bonds is 4. The molecule has 0 spiro atoms. The summed E-state index contributed by atoms with van der Waals surface area (Å²) in [4.78, 5) is 26.4. The van der Waals surface area contributed by atoms with Crippen LogP contribution in [0, 0.1) is 0 Å². The molecule has 1 amide bonds. The largest absolute Gasteiger partial charge is 0.469 e. The van der Waals surface area contributed by atoms with Gasteiger partial charge in [-0.1, -0.05) is 0 Å². The van der Waals surface area contributed by atoms with Crippen molar-refractivity contribution >= 4 is 11.9 Å². The van der Waals surface area contributed by atoms with Gasteiger partial charge < -0.3 is 14.5 Å². The van der Waals surface area contributed by atoms with E-state index in [1.165, 1.54) is 7.11 Å². The van der Waals surface area contributed by atoms with Gasteiger partial charge in [0.25, 0.3) is 0 Å². The highest BCUT2D eigenvalue weighted by Crippen LogP contribution is 2.05. The second-order valence-electron chi connectivity index (χ2n) is 4.38. The van der Waals surface area contributed by atoms with Crippen molar-refractivity contribution in [1.29, 1.82) is 0 Å². The number of hydrogen-bond donors (Lipinski definition) is 0. The summed E-state index contributed by atoms with van der Waals surface area (Å²) in [7, 11) is 1.42. The van der Waals surface area contributed by atoms with E-state index in [0.717, 1.165) is 45.6 Å². The van der Waals surface area contributed by atoms with Gasteiger partial charge >= 0.3 is 5.97 Å². The third-order valence-corrected chi connectivity index (χ3v) is 3.12. The van der Waals surface area contributed by atoms with Crippen molar-refractivity contribution in [3.63, 3.8) is 0 Å². The van der Waals surface area contributed by atoms with Gasteiger partial charge in [0.05, 0.1) is 7.11 Å². The third-order valence-electron chi connectivity index (χ3n) is 3.12. The summed E-state index contributed by atoms with van der Waals surface area (Å²) in [6.45, 7) is 6.08. The lowest BCUT2D eigenvalue weighted by Crippen LogP contribution is -2.34. The van der Waals surface area contributed by atoms with Crippen molar-refractivity contribution in [2.24, 2.45) is 0 Å². The summed E-state index contributed by atoms with van der Waals surface area (Å²) >= 11 is 0. The normalized spacial score (nSPS) is 17.6. The van der Waals surface area contributed by atoms with Crippen LogP contribution < -0.4 is 0 Å². The van der Waals surface area contributed by atoms with E-state index in [0.29, 0.717) is 6.42 Å². The third kappa shape index (κ3) is 5.17. The zero-order chi connectivity index (χ0) is 12.7. The van der Waals surface area contributed by atoms with E-state index in [1.54, 1.807) is 6.92 Å². The number of carbonyl (C=O) groups is 2. The highest BCUT2D eigenvalue weighted by atomic mass is 16.5. The Hall–Kier alpha value is -1.10. The zero-order valence-corrected chi connectivity index (χ0v) is 10.8. The lowest BCUT2D eigenvalue weighted by atomic mass is 10.3. The summed E-state index contributed by atoms with van der Waals surface area (Å²) < 4.78 is 4.60. The maximum Gasteiger partial charge on any atom is 0.305 e. The van der Waals surface area contributed by atoms with Gasteiger partial charge in [-0.25, -0.2) is 0 Å². The van der Waals surface area contributed by atoms with E-state index < -0.39 is 0 Å². The molecular weight excluding hydrogens is 220 g/mol. The lowest BCUT2D eigenvalue weighted by Gasteiger charge is -2.20. The van der Waals surface area contributed by atoms with Gasteiger partial charge in [0.2, 0.25) is 5.91 Å². The highest BCUT2D eigenvalue weighted by Gasteiger charge is 2.16. The molecule has 0 bridgehead atoms. The maximum absolute atomic E-state index is 11.2. The van der Waals surface area contributed by atoms with Crippen LogP contribution in [0.25, 0.3) is 0 Å². The minimum atomic E-state index is -0.148. The maximum atomic E-state index is 11.2. The molecule has 1 rings (SSSR count). The standard InChI is InChI=1S/C12H22N2O3/c1-11(15)14-8-4-7-13(9-10-14)6-3-5-12(16)17-2/h3-10H2,1-2H3. The van der Waals surface area contributed by atoms with Crippen molar-refractivity contribution in [3.05, 3.63) is 0 Å². The van der Waals surface area contributed by atoms with Gasteiger partial charge in [-0.2, -0.15) is 0 Å². The van der Waals surface area contributed by atoms with Crippen molar-refractivity contribution in [3.8, 4) is 0 Å². The first kappa shape index (κ1) is 14.0. The van der Waals surface area contributed by atoms with Crippen LogP contribution in [-0.2, 0) is 14.3 Å². The molecule has 5 nitrogen and oxygen atoms in total. The minimum Gasteiger partial charge on any atom is -0.469 e. The first-order chi connectivity index (χ1) is 8.13. The smallest absolute Gasteiger partial charge is 0.305 e. The molecule has 0 aromatic rings. The molecule has 5 heteroatoms. The molecule has 0 aliphatic carbocycles. The molecule has 0 unspecified atom stereocenters. The number of esters is 1. The van der Waals surface area contributed by atoms with Crippen molar-refractivity contribution in [2.45, 2.75) is 26.2 Å². The van der Waals surface area contributed by atoms with Crippen LogP contribution in [0.5, 0.6) is 0 Å². The van der Waals surface area contributed by atoms with Gasteiger partial charge in [-0.3, -0.25) is 9.59 Å². The molecule has 1 aliphatic heterocycles. The number of hydrogen-bond acceptors (Lipinski definition) is 4. The monoisotopic (exact) mass is 242 g/mol. The summed E-state index contributed by atoms with van der Waals surface area (Å²) in [6.07, 6.45) is 2.31. The zero-order valence-electron chi connectivity index (χ0n) is 10.8. The molecule has 98 valence electrons. The molecule has 0 radical (unpaired) electrons. The molecule has 0 aromatic carbocycles. The molecule has 0 atom stereocenters. The number of carbonyl (C=O) groups excluding carboxylic acids is 2. The fourth-order valence-corrected chi connectivity index (χ4v) is 2.06. The fraction of sp³-hybridized carbons (Fsp3) is 0.833. The van der Waals surface area contributed by atoms with Crippen molar-refractivity contribution in [2.75, 3.05) is 39.8 Å². The average Bonchev–Trinajstić information content (AvgIpc) is 2.54. The Morgan fingerprint density at radius 2 is 1.94 bits per heavy atom. The summed E-state index contributed by atoms with van der Waals surface area (Å²) in [5.74, 6) is 0.00611. The number of methoxy groups -OCH3 is 1. The summed E-state index contributed by atoms with van der Waals surface area (Å²) in [6, 6.07) is 0. The Morgan fingerprint density at radius 3 is 2.59 bits per heavy atom. The second kappa shape index (κ2) is 7.27. The van der Waals surface area contributed by atoms with E-state index in [9.17, 15) is 9.59 Å². The molecule has 0 aromatic heterocycles. The Kier molecular flexibility index (Phi) is 5.97. The van der Waals surface area contributed by atoms with E-state index in [-0.39, 0.29) is 11.9 Å². The van der Waals surface area contributed by atoms with Crippen LogP contribution in [0.4, 0.5) is 0 Å². The van der Waals surface area contributed by atoms with Crippen LogP contribution in [0.3, 0.4) is 0 Å². The van der Waals surface area contributed by atoms with Crippen LogP contribution in [0.2, 0.25) is 0 Å². The highest BCUT2D eigenvalue weighted by molar-refractivity contribution is 5.73. The Morgan fingerprint density at radius 1 is 1.18 bits per heavy atom. The average molecular weight is 242 g/mol. The van der Waals surface area contributed by atoms with E-state index in [2.05, 4.69) is 9.64 Å². The lowest BCUT2D eigenvalue weighted by molar-refractivity contribution is -0.140. The molecule has 1 fully saturated rings. The molecule has 1 saturated heterocycles. The predicted molar refractivity (Wildman–Crippen MR) is 64.6 cm³/mol. The van der Waals surface area contributed by atoms with Crippen molar-refractivity contribution in [1.82, 2.24) is 9.80 Å². The number of nitrogens with zero attached hydrogens (tertiary/aromatic N) is 2. The van der Waals surface area contributed by atoms with Gasteiger partial charge in [0.1, 0.15) is 0 Å². The van der Waals surface area contributed by atoms with Crippen LogP contribution in [0.15, 0.2) is 0 Å². The second-order valence-corrected chi connectivity index (χ2v) is 4.38. The Bertz CT molecular complexity index is 268. The summed E-state index contributed by atoms with van der Waals surface area (Å²) in [5, 5.41) is 0. The summed E-state index contributed by atoms with van der Waals surface area (Å²) in [5.41, 5.74) is 0. The topological polar surface area (TPSA) is 49.9 Å². The Balaban J connectivity index is 2.22. The van der Waals surface area contributed by atoms with Crippen molar-refractivity contribution < 1.29 is 14.3 Å². The van der Waals surface area contributed by atoms with Gasteiger partial charge in [0.15, 0.2) is 0 Å². The molecule has 1 aliphatic rings. The van der Waals surface area contributed by atoms with Gasteiger partial charge in [-0.05, 0) is 25.9 Å². The molecule has 17 heavy (non-hydrogen) atoms. The first-order valence-corrected chi connectivity index (χ1v) is 6.18. The van der Waals surface area contributed by atoms with E-state index in [4.69, 9.17) is 0 Å². The van der Waals surface area contributed by atoms with Gasteiger partial charge in [0, 0.05) is 33.0 Å². The minimum absolute atomic E-state index is 0.148. The molecular formula is C12H22N2O3. The van der Waals surface area contributed by atoms with E-state index in [1.807, 2.05) is 4.90 Å². The molecule has 0 N–H and O–H groups in total. The first-order valence-electron chi connectivity index (χ1n) is 6.18. The molecule has 0 saturated carbocycles. The quantitative estimate of drug-likeness (QED) is 0.673. The Labute approximate surface area is 103 Å².